The van der Waals surface area contributed by atoms with Gasteiger partial charge >= 0.3 is 0 Å². The summed E-state index contributed by atoms with van der Waals surface area (Å²) in [5.41, 5.74) is 2.66. The van der Waals surface area contributed by atoms with E-state index in [1.807, 2.05) is 0 Å². The first-order valence-electron chi connectivity index (χ1n) is 5.57. The summed E-state index contributed by atoms with van der Waals surface area (Å²) in [6, 6.07) is 5.30. The predicted molar refractivity (Wildman–Crippen MR) is 65.5 cm³/mol. The Morgan fingerprint density at radius 1 is 1.33 bits per heavy atom. The SMILES string of the molecule is CC(C)(C)C(O)(COc1ccc(F)cc1)C(N)=O. The molecule has 0 aliphatic rings. The van der Waals surface area contributed by atoms with Crippen LogP contribution < -0.4 is 10.5 Å². The normalized spacial score (nSPS) is 14.9. The highest BCUT2D eigenvalue weighted by molar-refractivity contribution is 5.84. The topological polar surface area (TPSA) is 72.6 Å². The number of hydrogen-bond acceptors (Lipinski definition) is 3. The zero-order chi connectivity index (χ0) is 14.0. The first-order valence-corrected chi connectivity index (χ1v) is 5.57. The third-order valence-electron chi connectivity index (χ3n) is 2.91. The van der Waals surface area contributed by atoms with Gasteiger partial charge in [0.15, 0.2) is 5.60 Å². The lowest BCUT2D eigenvalue weighted by atomic mass is 9.76. The number of rotatable bonds is 4. The van der Waals surface area contributed by atoms with Crippen LogP contribution in [0.5, 0.6) is 5.75 Å². The Bertz CT molecular complexity index is 425. The highest BCUT2D eigenvalue weighted by Gasteiger charge is 2.46. The van der Waals surface area contributed by atoms with E-state index in [0.29, 0.717) is 5.75 Å². The van der Waals surface area contributed by atoms with E-state index in [4.69, 9.17) is 10.5 Å². The molecule has 1 unspecified atom stereocenters. The summed E-state index contributed by atoms with van der Waals surface area (Å²) < 4.78 is 18.0. The first kappa shape index (κ1) is 14.4. The van der Waals surface area contributed by atoms with Crippen LogP contribution in [0.2, 0.25) is 0 Å². The Hall–Kier alpha value is -1.62. The molecule has 0 heterocycles. The van der Waals surface area contributed by atoms with Crippen molar-refractivity contribution in [1.29, 1.82) is 0 Å². The Balaban J connectivity index is 2.81. The molecule has 0 radical (unpaired) electrons. The molecule has 0 fully saturated rings. The van der Waals surface area contributed by atoms with Gasteiger partial charge in [0.1, 0.15) is 18.2 Å². The number of ether oxygens (including phenoxy) is 1. The van der Waals surface area contributed by atoms with Crippen LogP contribution in [0.4, 0.5) is 4.39 Å². The highest BCUT2D eigenvalue weighted by atomic mass is 19.1. The number of hydrogen-bond donors (Lipinski definition) is 2. The third kappa shape index (κ3) is 2.98. The molecule has 0 saturated heterocycles. The maximum absolute atomic E-state index is 12.7. The number of primary amides is 1. The van der Waals surface area contributed by atoms with E-state index >= 15 is 0 Å². The molecular weight excluding hydrogens is 237 g/mol. The molecule has 5 heteroatoms. The van der Waals surface area contributed by atoms with Gasteiger partial charge in [-0.25, -0.2) is 4.39 Å². The predicted octanol–water partition coefficient (Wildman–Crippen LogP) is 1.47. The fourth-order valence-corrected chi connectivity index (χ4v) is 1.38. The van der Waals surface area contributed by atoms with Gasteiger partial charge in [-0.05, 0) is 24.3 Å². The van der Waals surface area contributed by atoms with Crippen LogP contribution in [-0.2, 0) is 4.79 Å². The first-order chi connectivity index (χ1) is 8.17. The molecule has 18 heavy (non-hydrogen) atoms. The van der Waals surface area contributed by atoms with Crippen molar-refractivity contribution in [2.24, 2.45) is 11.1 Å². The zero-order valence-corrected chi connectivity index (χ0v) is 10.7. The highest BCUT2D eigenvalue weighted by Crippen LogP contribution is 2.31. The zero-order valence-electron chi connectivity index (χ0n) is 10.7. The molecule has 0 aromatic heterocycles. The van der Waals surface area contributed by atoms with Crippen LogP contribution in [-0.4, -0.2) is 23.2 Å². The summed E-state index contributed by atoms with van der Waals surface area (Å²) in [6.45, 7) is 4.78. The van der Waals surface area contributed by atoms with E-state index in [1.165, 1.54) is 24.3 Å². The molecule has 1 aromatic rings. The van der Waals surface area contributed by atoms with Gasteiger partial charge in [0.2, 0.25) is 0 Å². The van der Waals surface area contributed by atoms with Crippen LogP contribution in [0.25, 0.3) is 0 Å². The third-order valence-corrected chi connectivity index (χ3v) is 2.91. The van der Waals surface area contributed by atoms with Crippen LogP contribution in [0.15, 0.2) is 24.3 Å². The molecule has 0 aliphatic carbocycles. The van der Waals surface area contributed by atoms with E-state index in [2.05, 4.69) is 0 Å². The second kappa shape index (κ2) is 4.94. The fourth-order valence-electron chi connectivity index (χ4n) is 1.38. The van der Waals surface area contributed by atoms with Crippen molar-refractivity contribution < 1.29 is 19.0 Å². The number of benzene rings is 1. The molecule has 0 spiro atoms. The molecule has 1 aromatic carbocycles. The van der Waals surface area contributed by atoms with Gasteiger partial charge in [0.05, 0.1) is 0 Å². The van der Waals surface area contributed by atoms with Gasteiger partial charge in [0, 0.05) is 5.41 Å². The van der Waals surface area contributed by atoms with Crippen LogP contribution >= 0.6 is 0 Å². The Labute approximate surface area is 106 Å². The van der Waals surface area contributed by atoms with Crippen molar-refractivity contribution in [3.05, 3.63) is 30.1 Å². The molecule has 0 aliphatic heterocycles. The molecule has 1 atom stereocenters. The molecule has 4 nitrogen and oxygen atoms in total. The van der Waals surface area contributed by atoms with Gasteiger partial charge in [-0.1, -0.05) is 20.8 Å². The number of halogens is 1. The summed E-state index contributed by atoms with van der Waals surface area (Å²) in [5.74, 6) is -0.874. The molecule has 0 saturated carbocycles. The molecule has 100 valence electrons. The van der Waals surface area contributed by atoms with Gasteiger partial charge in [0.25, 0.3) is 5.91 Å². The van der Waals surface area contributed by atoms with Crippen LogP contribution in [0, 0.1) is 11.2 Å². The van der Waals surface area contributed by atoms with Gasteiger partial charge in [-0.2, -0.15) is 0 Å². The van der Waals surface area contributed by atoms with Gasteiger partial charge < -0.3 is 15.6 Å². The van der Waals surface area contributed by atoms with E-state index in [1.54, 1.807) is 20.8 Å². The maximum atomic E-state index is 12.7. The van der Waals surface area contributed by atoms with E-state index < -0.39 is 16.9 Å². The lowest BCUT2D eigenvalue weighted by Crippen LogP contribution is -2.57. The quantitative estimate of drug-likeness (QED) is 0.855. The molecule has 3 N–H and O–H groups in total. The lowest BCUT2D eigenvalue weighted by molar-refractivity contribution is -0.154. The Kier molecular flexibility index (Phi) is 3.96. The summed E-state index contributed by atoms with van der Waals surface area (Å²) in [6.07, 6.45) is 0. The lowest BCUT2D eigenvalue weighted by Gasteiger charge is -2.36. The minimum atomic E-state index is -1.79. The van der Waals surface area contributed by atoms with Gasteiger partial charge in [-0.15, -0.1) is 0 Å². The summed E-state index contributed by atoms with van der Waals surface area (Å²) >= 11 is 0. The van der Waals surface area contributed by atoms with Crippen molar-refractivity contribution in [2.75, 3.05) is 6.61 Å². The summed E-state index contributed by atoms with van der Waals surface area (Å²) in [5, 5.41) is 10.3. The van der Waals surface area contributed by atoms with Crippen molar-refractivity contribution >= 4 is 5.91 Å². The summed E-state index contributed by atoms with van der Waals surface area (Å²) in [7, 11) is 0. The van der Waals surface area contributed by atoms with Crippen molar-refractivity contribution in [2.45, 2.75) is 26.4 Å². The van der Waals surface area contributed by atoms with E-state index in [9.17, 15) is 14.3 Å². The molecule has 1 amide bonds. The Morgan fingerprint density at radius 2 is 1.83 bits per heavy atom. The number of carbonyl (C=O) groups excluding carboxylic acids is 1. The number of amides is 1. The number of carbonyl (C=O) groups is 1. The minimum Gasteiger partial charge on any atom is -0.490 e. The Morgan fingerprint density at radius 3 is 2.22 bits per heavy atom. The van der Waals surface area contributed by atoms with Crippen molar-refractivity contribution in [1.82, 2.24) is 0 Å². The fraction of sp³-hybridized carbons (Fsp3) is 0.462. The standard InChI is InChI=1S/C13H18FNO3/c1-12(2,3)13(17,11(15)16)8-18-10-6-4-9(14)5-7-10/h4-7,17H,8H2,1-3H3,(H2,15,16). The second-order valence-electron chi connectivity index (χ2n) is 5.22. The molecule has 1 rings (SSSR count). The summed E-state index contributed by atoms with van der Waals surface area (Å²) in [4.78, 5) is 11.4. The maximum Gasteiger partial charge on any atom is 0.253 e. The smallest absolute Gasteiger partial charge is 0.253 e. The largest absolute Gasteiger partial charge is 0.490 e. The second-order valence-corrected chi connectivity index (χ2v) is 5.22. The number of aliphatic hydroxyl groups is 1. The average molecular weight is 255 g/mol. The van der Waals surface area contributed by atoms with Crippen LogP contribution in [0.3, 0.4) is 0 Å². The average Bonchev–Trinajstić information content (AvgIpc) is 2.26. The van der Waals surface area contributed by atoms with E-state index in [-0.39, 0.29) is 12.4 Å². The monoisotopic (exact) mass is 255 g/mol. The van der Waals surface area contributed by atoms with E-state index in [0.717, 1.165) is 0 Å². The molecular formula is C13H18FNO3. The van der Waals surface area contributed by atoms with Gasteiger partial charge in [-0.3, -0.25) is 4.79 Å². The van der Waals surface area contributed by atoms with Crippen molar-refractivity contribution in [3.63, 3.8) is 0 Å². The molecule has 0 bridgehead atoms. The van der Waals surface area contributed by atoms with Crippen molar-refractivity contribution in [3.8, 4) is 5.75 Å². The van der Waals surface area contributed by atoms with Crippen LogP contribution in [0.1, 0.15) is 20.8 Å². The minimum absolute atomic E-state index is 0.280. The number of nitrogens with two attached hydrogens (primary N) is 1.